The van der Waals surface area contributed by atoms with Gasteiger partial charge in [0.15, 0.2) is 0 Å². The smallest absolute Gasteiger partial charge is 0.222 e. The van der Waals surface area contributed by atoms with Crippen LogP contribution in [0.3, 0.4) is 0 Å². The van der Waals surface area contributed by atoms with Crippen LogP contribution in [-0.2, 0) is 9.53 Å². The quantitative estimate of drug-likeness (QED) is 0.778. The number of likely N-dealkylation sites (tertiary alicyclic amines) is 1. The van der Waals surface area contributed by atoms with Gasteiger partial charge in [-0.1, -0.05) is 32.0 Å². The van der Waals surface area contributed by atoms with Gasteiger partial charge in [0.05, 0.1) is 5.60 Å². The highest BCUT2D eigenvalue weighted by Crippen LogP contribution is 2.37. The molecular formula is C24H37N3O2. The Balaban J connectivity index is 1.29. The van der Waals surface area contributed by atoms with Crippen LogP contribution in [0.1, 0.15) is 46.0 Å². The van der Waals surface area contributed by atoms with Gasteiger partial charge in [-0.05, 0) is 43.7 Å². The lowest BCUT2D eigenvalue weighted by atomic mass is 9.81. The Bertz CT molecular complexity index is 662. The number of anilines is 1. The van der Waals surface area contributed by atoms with Crippen molar-refractivity contribution in [2.45, 2.75) is 57.6 Å². The Morgan fingerprint density at radius 2 is 1.76 bits per heavy atom. The average molecular weight is 400 g/mol. The number of hydrogen-bond acceptors (Lipinski definition) is 4. The zero-order chi connectivity index (χ0) is 20.3. The number of piperazine rings is 1. The van der Waals surface area contributed by atoms with Crippen LogP contribution < -0.4 is 4.90 Å². The molecule has 0 aliphatic carbocycles. The molecule has 1 aromatic carbocycles. The van der Waals surface area contributed by atoms with Gasteiger partial charge in [0.1, 0.15) is 0 Å². The number of amides is 1. The summed E-state index contributed by atoms with van der Waals surface area (Å²) in [6.07, 6.45) is 4.93. The Labute approximate surface area is 176 Å². The minimum absolute atomic E-state index is 0.00586. The van der Waals surface area contributed by atoms with Crippen LogP contribution >= 0.6 is 0 Å². The van der Waals surface area contributed by atoms with E-state index in [0.717, 1.165) is 71.6 Å². The van der Waals surface area contributed by atoms with Crippen molar-refractivity contribution in [1.82, 2.24) is 9.80 Å². The number of para-hydroxylation sites is 1. The predicted molar refractivity (Wildman–Crippen MR) is 117 cm³/mol. The number of benzene rings is 1. The maximum absolute atomic E-state index is 12.4. The van der Waals surface area contributed by atoms with E-state index >= 15 is 0 Å². The van der Waals surface area contributed by atoms with E-state index in [1.807, 2.05) is 0 Å². The number of rotatable bonds is 4. The summed E-state index contributed by atoms with van der Waals surface area (Å²) in [4.78, 5) is 19.7. The van der Waals surface area contributed by atoms with E-state index in [1.54, 1.807) is 0 Å². The van der Waals surface area contributed by atoms with Gasteiger partial charge in [-0.25, -0.2) is 0 Å². The van der Waals surface area contributed by atoms with Crippen LogP contribution in [0.4, 0.5) is 5.69 Å². The molecule has 0 aromatic heterocycles. The maximum atomic E-state index is 12.4. The topological polar surface area (TPSA) is 36.0 Å². The molecule has 3 saturated heterocycles. The van der Waals surface area contributed by atoms with Crippen molar-refractivity contribution in [3.8, 4) is 0 Å². The van der Waals surface area contributed by atoms with Crippen LogP contribution in [0.15, 0.2) is 30.3 Å². The SMILES string of the molecule is CC(C)CC(=O)N1CCC2(CC1)C[C@@H](N1CCN(c3ccccc3)CC1)CCO2. The highest BCUT2D eigenvalue weighted by molar-refractivity contribution is 5.76. The summed E-state index contributed by atoms with van der Waals surface area (Å²) in [5.74, 6) is 0.752. The second kappa shape index (κ2) is 9.05. The molecule has 5 heteroatoms. The summed E-state index contributed by atoms with van der Waals surface area (Å²) in [6, 6.07) is 11.4. The van der Waals surface area contributed by atoms with E-state index in [0.29, 0.717) is 24.3 Å². The molecule has 1 amide bonds. The molecule has 0 radical (unpaired) electrons. The van der Waals surface area contributed by atoms with Crippen LogP contribution in [0, 0.1) is 5.92 Å². The van der Waals surface area contributed by atoms with Crippen molar-refractivity contribution in [3.63, 3.8) is 0 Å². The molecule has 0 N–H and O–H groups in total. The standard InChI is InChI=1S/C24H37N3O2/c1-20(2)18-23(28)27-11-9-24(10-12-27)19-22(8-17-29-24)26-15-13-25(14-16-26)21-6-4-3-5-7-21/h3-7,20,22H,8-19H2,1-2H3/t22-/m0/s1. The monoisotopic (exact) mass is 399 g/mol. The number of carbonyl (C=O) groups is 1. The van der Waals surface area contributed by atoms with Gasteiger partial charge in [-0.2, -0.15) is 0 Å². The highest BCUT2D eigenvalue weighted by Gasteiger charge is 2.42. The van der Waals surface area contributed by atoms with Crippen LogP contribution in [0.5, 0.6) is 0 Å². The molecule has 5 nitrogen and oxygen atoms in total. The van der Waals surface area contributed by atoms with Crippen molar-refractivity contribution in [2.24, 2.45) is 5.92 Å². The molecule has 160 valence electrons. The van der Waals surface area contributed by atoms with Gasteiger partial charge in [0, 0.05) is 64.0 Å². The average Bonchev–Trinajstić information content (AvgIpc) is 2.74. The molecule has 3 aliphatic rings. The first-order valence-electron chi connectivity index (χ1n) is 11.5. The molecule has 0 unspecified atom stereocenters. The zero-order valence-electron chi connectivity index (χ0n) is 18.2. The Morgan fingerprint density at radius 1 is 1.07 bits per heavy atom. The third kappa shape index (κ3) is 4.95. The third-order valence-corrected chi connectivity index (χ3v) is 7.03. The first-order valence-corrected chi connectivity index (χ1v) is 11.5. The zero-order valence-corrected chi connectivity index (χ0v) is 18.2. The first-order chi connectivity index (χ1) is 14.0. The first kappa shape index (κ1) is 20.7. The summed E-state index contributed by atoms with van der Waals surface area (Å²) in [6.45, 7) is 11.3. The molecule has 0 saturated carbocycles. The summed E-state index contributed by atoms with van der Waals surface area (Å²) in [5.41, 5.74) is 1.34. The Hall–Kier alpha value is -1.59. The second-order valence-corrected chi connectivity index (χ2v) is 9.52. The van der Waals surface area contributed by atoms with Crippen molar-refractivity contribution in [1.29, 1.82) is 0 Å². The molecule has 1 atom stereocenters. The van der Waals surface area contributed by atoms with Gasteiger partial charge >= 0.3 is 0 Å². The maximum Gasteiger partial charge on any atom is 0.222 e. The Morgan fingerprint density at radius 3 is 2.41 bits per heavy atom. The fourth-order valence-electron chi connectivity index (χ4n) is 5.29. The summed E-state index contributed by atoms with van der Waals surface area (Å²) in [7, 11) is 0. The fraction of sp³-hybridized carbons (Fsp3) is 0.708. The minimum Gasteiger partial charge on any atom is -0.375 e. The minimum atomic E-state index is -0.00586. The van der Waals surface area contributed by atoms with E-state index in [2.05, 4.69) is 58.9 Å². The number of ether oxygens (including phenoxy) is 1. The van der Waals surface area contributed by atoms with Crippen molar-refractivity contribution in [3.05, 3.63) is 30.3 Å². The largest absolute Gasteiger partial charge is 0.375 e. The molecule has 3 aliphatic heterocycles. The van der Waals surface area contributed by atoms with E-state index in [9.17, 15) is 4.79 Å². The third-order valence-electron chi connectivity index (χ3n) is 7.03. The lowest BCUT2D eigenvalue weighted by Gasteiger charge is -2.50. The molecule has 4 rings (SSSR count). The Kier molecular flexibility index (Phi) is 6.45. The van der Waals surface area contributed by atoms with Crippen LogP contribution in [0.25, 0.3) is 0 Å². The van der Waals surface area contributed by atoms with Gasteiger partial charge in [-0.15, -0.1) is 0 Å². The predicted octanol–water partition coefficient (Wildman–Crippen LogP) is 3.39. The van der Waals surface area contributed by atoms with Crippen molar-refractivity contribution >= 4 is 11.6 Å². The molecule has 3 fully saturated rings. The molecule has 3 heterocycles. The van der Waals surface area contributed by atoms with Gasteiger partial charge in [0.25, 0.3) is 0 Å². The van der Waals surface area contributed by atoms with Crippen LogP contribution in [0.2, 0.25) is 0 Å². The van der Waals surface area contributed by atoms with E-state index in [-0.39, 0.29) is 5.60 Å². The molecule has 29 heavy (non-hydrogen) atoms. The molecular weight excluding hydrogens is 362 g/mol. The number of carbonyl (C=O) groups excluding carboxylic acids is 1. The lowest BCUT2D eigenvalue weighted by molar-refractivity contribution is -0.149. The normalized spacial score (nSPS) is 25.6. The van der Waals surface area contributed by atoms with E-state index in [1.165, 1.54) is 5.69 Å². The number of hydrogen-bond donors (Lipinski definition) is 0. The van der Waals surface area contributed by atoms with Crippen LogP contribution in [-0.4, -0.2) is 73.2 Å². The lowest BCUT2D eigenvalue weighted by Crippen LogP contribution is -2.57. The number of piperidine rings is 1. The summed E-state index contributed by atoms with van der Waals surface area (Å²) in [5, 5.41) is 0. The number of nitrogens with zero attached hydrogens (tertiary/aromatic N) is 3. The fourth-order valence-corrected chi connectivity index (χ4v) is 5.29. The van der Waals surface area contributed by atoms with Gasteiger partial charge < -0.3 is 14.5 Å². The van der Waals surface area contributed by atoms with E-state index in [4.69, 9.17) is 4.74 Å². The molecule has 0 bridgehead atoms. The van der Waals surface area contributed by atoms with E-state index < -0.39 is 0 Å². The van der Waals surface area contributed by atoms with Gasteiger partial charge in [0.2, 0.25) is 5.91 Å². The summed E-state index contributed by atoms with van der Waals surface area (Å²) < 4.78 is 6.35. The van der Waals surface area contributed by atoms with Crippen molar-refractivity contribution in [2.75, 3.05) is 50.8 Å². The van der Waals surface area contributed by atoms with Crippen molar-refractivity contribution < 1.29 is 9.53 Å². The van der Waals surface area contributed by atoms with Gasteiger partial charge in [-0.3, -0.25) is 9.69 Å². The summed E-state index contributed by atoms with van der Waals surface area (Å²) >= 11 is 0. The molecule has 1 spiro atoms. The molecule has 1 aromatic rings. The second-order valence-electron chi connectivity index (χ2n) is 9.52. The highest BCUT2D eigenvalue weighted by atomic mass is 16.5.